The maximum atomic E-state index is 12.7. The first-order chi connectivity index (χ1) is 11.8. The molecule has 2 aromatic rings. The maximum Gasteiger partial charge on any atom is 0.261 e. The number of rotatable bonds is 6. The zero-order chi connectivity index (χ0) is 18.7. The molecule has 6 nitrogen and oxygen atoms in total. The quantitative estimate of drug-likeness (QED) is 0.790. The van der Waals surface area contributed by atoms with Crippen molar-refractivity contribution >= 4 is 28.4 Å². The van der Waals surface area contributed by atoms with Crippen molar-refractivity contribution in [2.75, 3.05) is 27.2 Å². The highest BCUT2D eigenvalue weighted by Crippen LogP contribution is 2.21. The van der Waals surface area contributed by atoms with E-state index >= 15 is 0 Å². The molecule has 0 aliphatic rings. The van der Waals surface area contributed by atoms with E-state index < -0.39 is 0 Å². The van der Waals surface area contributed by atoms with Crippen molar-refractivity contribution in [3.63, 3.8) is 0 Å². The van der Waals surface area contributed by atoms with E-state index in [1.165, 1.54) is 4.57 Å². The third kappa shape index (κ3) is 4.19. The van der Waals surface area contributed by atoms with Gasteiger partial charge in [0.25, 0.3) is 5.56 Å². The van der Waals surface area contributed by atoms with Gasteiger partial charge >= 0.3 is 0 Å². The molecule has 0 aliphatic carbocycles. The molecule has 136 valence electrons. The Balaban J connectivity index is 2.51. The summed E-state index contributed by atoms with van der Waals surface area (Å²) >= 11 is 6.04. The second kappa shape index (κ2) is 7.97. The fourth-order valence-electron chi connectivity index (χ4n) is 2.82. The van der Waals surface area contributed by atoms with E-state index in [1.807, 2.05) is 32.8 Å². The first-order valence-corrected chi connectivity index (χ1v) is 8.74. The van der Waals surface area contributed by atoms with E-state index in [-0.39, 0.29) is 17.5 Å². The molecule has 25 heavy (non-hydrogen) atoms. The molecule has 0 radical (unpaired) electrons. The zero-order valence-electron chi connectivity index (χ0n) is 15.4. The molecule has 0 spiro atoms. The first kappa shape index (κ1) is 19.4. The normalized spacial score (nSPS) is 12.6. The van der Waals surface area contributed by atoms with Gasteiger partial charge in [-0.1, -0.05) is 18.5 Å². The molecule has 0 saturated heterocycles. The lowest BCUT2D eigenvalue weighted by Crippen LogP contribution is -2.40. The fourth-order valence-corrected chi connectivity index (χ4v) is 2.99. The monoisotopic (exact) mass is 364 g/mol. The number of amides is 1. The van der Waals surface area contributed by atoms with Gasteiger partial charge in [-0.05, 0) is 39.2 Å². The lowest BCUT2D eigenvalue weighted by molar-refractivity contribution is -0.133. The van der Waals surface area contributed by atoms with Crippen LogP contribution in [0.25, 0.3) is 10.9 Å². The van der Waals surface area contributed by atoms with Crippen LogP contribution in [0.15, 0.2) is 23.0 Å². The number of carbonyl (C=O) groups is 1. The van der Waals surface area contributed by atoms with E-state index in [2.05, 4.69) is 4.98 Å². The zero-order valence-corrected chi connectivity index (χ0v) is 16.2. The van der Waals surface area contributed by atoms with Gasteiger partial charge in [0.2, 0.25) is 5.91 Å². The van der Waals surface area contributed by atoms with Crippen molar-refractivity contribution in [1.29, 1.82) is 0 Å². The molecule has 7 heteroatoms. The van der Waals surface area contributed by atoms with E-state index in [1.54, 1.807) is 30.1 Å². The Kier molecular flexibility index (Phi) is 6.19. The Morgan fingerprint density at radius 2 is 2.00 bits per heavy atom. The number of carbonyl (C=O) groups excluding carboxylic acids is 1. The second-order valence-electron chi connectivity index (χ2n) is 6.42. The Bertz CT molecular complexity index is 832. The van der Waals surface area contributed by atoms with Gasteiger partial charge in [0.15, 0.2) is 0 Å². The average molecular weight is 365 g/mol. The van der Waals surface area contributed by atoms with Crippen molar-refractivity contribution < 1.29 is 4.79 Å². The summed E-state index contributed by atoms with van der Waals surface area (Å²) in [5.74, 6) is 0.593. The minimum absolute atomic E-state index is 0.0368. The van der Waals surface area contributed by atoms with Crippen LogP contribution < -0.4 is 5.56 Å². The highest BCUT2D eigenvalue weighted by molar-refractivity contribution is 6.31. The lowest BCUT2D eigenvalue weighted by Gasteiger charge is -2.30. The van der Waals surface area contributed by atoms with Gasteiger partial charge in [0.05, 0.1) is 16.9 Å². The van der Waals surface area contributed by atoms with Crippen LogP contribution in [0.3, 0.4) is 0 Å². The number of aromatic nitrogens is 2. The third-order valence-corrected chi connectivity index (χ3v) is 4.56. The average Bonchev–Trinajstić information content (AvgIpc) is 2.57. The number of hydrogen-bond acceptors (Lipinski definition) is 4. The van der Waals surface area contributed by atoms with Crippen molar-refractivity contribution in [3.8, 4) is 0 Å². The molecule has 1 aromatic heterocycles. The van der Waals surface area contributed by atoms with Crippen LogP contribution >= 0.6 is 11.6 Å². The van der Waals surface area contributed by atoms with E-state index in [9.17, 15) is 9.59 Å². The SMILES string of the molecule is CCC(=O)N(CCN(C)C)C(C)c1nc2cc(Cl)ccc2c(=O)n1C. The molecular weight excluding hydrogens is 340 g/mol. The van der Waals surface area contributed by atoms with Gasteiger partial charge in [-0.25, -0.2) is 4.98 Å². The van der Waals surface area contributed by atoms with Crippen LogP contribution in [-0.4, -0.2) is 52.4 Å². The van der Waals surface area contributed by atoms with Gasteiger partial charge < -0.3 is 9.80 Å². The summed E-state index contributed by atoms with van der Waals surface area (Å²) in [6.07, 6.45) is 0.408. The maximum absolute atomic E-state index is 12.7. The predicted octanol–water partition coefficient (Wildman–Crippen LogP) is 2.45. The lowest BCUT2D eigenvalue weighted by atomic mass is 10.2. The summed E-state index contributed by atoms with van der Waals surface area (Å²) in [4.78, 5) is 33.5. The molecule has 1 unspecified atom stereocenters. The van der Waals surface area contributed by atoms with Crippen LogP contribution in [0.2, 0.25) is 5.02 Å². The summed E-state index contributed by atoms with van der Waals surface area (Å²) in [6.45, 7) is 5.05. The number of benzene rings is 1. The van der Waals surface area contributed by atoms with Gasteiger partial charge in [-0.15, -0.1) is 0 Å². The van der Waals surface area contributed by atoms with E-state index in [0.29, 0.717) is 34.7 Å². The van der Waals surface area contributed by atoms with Crippen LogP contribution in [-0.2, 0) is 11.8 Å². The van der Waals surface area contributed by atoms with Gasteiger partial charge in [0.1, 0.15) is 5.82 Å². The smallest absolute Gasteiger partial charge is 0.261 e. The van der Waals surface area contributed by atoms with Crippen LogP contribution in [0.4, 0.5) is 0 Å². The topological polar surface area (TPSA) is 58.4 Å². The Labute approximate surface area is 153 Å². The molecule has 0 N–H and O–H groups in total. The van der Waals surface area contributed by atoms with Crippen LogP contribution in [0.1, 0.15) is 32.1 Å². The number of hydrogen-bond donors (Lipinski definition) is 0. The predicted molar refractivity (Wildman–Crippen MR) is 101 cm³/mol. The highest BCUT2D eigenvalue weighted by Gasteiger charge is 2.24. The Morgan fingerprint density at radius 3 is 2.60 bits per heavy atom. The fraction of sp³-hybridized carbons (Fsp3) is 0.500. The second-order valence-corrected chi connectivity index (χ2v) is 6.85. The molecular formula is C18H25ClN4O2. The van der Waals surface area contributed by atoms with Crippen molar-refractivity contribution in [2.45, 2.75) is 26.3 Å². The largest absolute Gasteiger partial charge is 0.332 e. The Morgan fingerprint density at radius 1 is 1.32 bits per heavy atom. The summed E-state index contributed by atoms with van der Waals surface area (Å²) in [7, 11) is 5.62. The molecule has 1 heterocycles. The number of fused-ring (bicyclic) bond motifs is 1. The van der Waals surface area contributed by atoms with E-state index in [4.69, 9.17) is 11.6 Å². The standard InChI is InChI=1S/C18H25ClN4O2/c1-6-16(24)23(10-9-21(3)4)12(2)17-20-15-11-13(19)7-8-14(15)18(25)22(17)5/h7-8,11-12H,6,9-10H2,1-5H3. The number of likely N-dealkylation sites (N-methyl/N-ethyl adjacent to an activating group) is 1. The summed E-state index contributed by atoms with van der Waals surface area (Å²) in [5.41, 5.74) is 0.411. The van der Waals surface area contributed by atoms with Gasteiger partial charge in [-0.2, -0.15) is 0 Å². The molecule has 1 amide bonds. The first-order valence-electron chi connectivity index (χ1n) is 8.36. The molecule has 0 aliphatic heterocycles. The summed E-state index contributed by atoms with van der Waals surface area (Å²) in [5, 5.41) is 1.05. The van der Waals surface area contributed by atoms with E-state index in [0.717, 1.165) is 6.54 Å². The van der Waals surface area contributed by atoms with Crippen molar-refractivity contribution in [2.24, 2.45) is 7.05 Å². The van der Waals surface area contributed by atoms with Crippen molar-refractivity contribution in [3.05, 3.63) is 39.4 Å². The van der Waals surface area contributed by atoms with Gasteiger partial charge in [-0.3, -0.25) is 14.2 Å². The minimum Gasteiger partial charge on any atom is -0.332 e. The minimum atomic E-state index is -0.312. The molecule has 1 atom stereocenters. The molecule has 0 bridgehead atoms. The van der Waals surface area contributed by atoms with Crippen molar-refractivity contribution in [1.82, 2.24) is 19.4 Å². The summed E-state index contributed by atoms with van der Waals surface area (Å²) in [6, 6.07) is 4.73. The molecule has 0 fully saturated rings. The highest BCUT2D eigenvalue weighted by atomic mass is 35.5. The molecule has 2 rings (SSSR count). The third-order valence-electron chi connectivity index (χ3n) is 4.33. The number of nitrogens with zero attached hydrogens (tertiary/aromatic N) is 4. The summed E-state index contributed by atoms with van der Waals surface area (Å²) < 4.78 is 1.52. The van der Waals surface area contributed by atoms with Crippen LogP contribution in [0.5, 0.6) is 0 Å². The van der Waals surface area contributed by atoms with Gasteiger partial charge in [0, 0.05) is 31.6 Å². The Hall–Kier alpha value is -1.92. The molecule has 1 aromatic carbocycles. The molecule has 0 saturated carbocycles. The number of halogens is 1. The van der Waals surface area contributed by atoms with Crippen LogP contribution in [0, 0.1) is 0 Å².